The van der Waals surface area contributed by atoms with E-state index in [1.54, 1.807) is 0 Å². The fourth-order valence-corrected chi connectivity index (χ4v) is 4.47. The van der Waals surface area contributed by atoms with E-state index in [4.69, 9.17) is 5.73 Å². The summed E-state index contributed by atoms with van der Waals surface area (Å²) in [6, 6.07) is 26.7. The van der Waals surface area contributed by atoms with E-state index in [-0.39, 0.29) is 11.9 Å². The molecule has 3 aromatic carbocycles. The number of nitrogens with one attached hydrogen (secondary N) is 2. The summed E-state index contributed by atoms with van der Waals surface area (Å²) in [6.45, 7) is 3.85. The summed E-state index contributed by atoms with van der Waals surface area (Å²) >= 11 is 0. The van der Waals surface area contributed by atoms with Gasteiger partial charge in [0.15, 0.2) is 0 Å². The highest BCUT2D eigenvalue weighted by Gasteiger charge is 2.38. The molecule has 4 N–H and O–H groups in total. The first-order chi connectivity index (χ1) is 16.5. The van der Waals surface area contributed by atoms with Gasteiger partial charge in [-0.05, 0) is 54.5 Å². The number of hydrogen-bond donors (Lipinski definition) is 3. The van der Waals surface area contributed by atoms with Crippen LogP contribution in [-0.2, 0) is 10.3 Å². The van der Waals surface area contributed by atoms with Crippen LogP contribution in [0.15, 0.2) is 84.9 Å². The first-order valence-electron chi connectivity index (χ1n) is 11.8. The van der Waals surface area contributed by atoms with Gasteiger partial charge in [-0.3, -0.25) is 4.79 Å². The van der Waals surface area contributed by atoms with Crippen LogP contribution in [0.1, 0.15) is 29.5 Å². The molecule has 3 amide bonds. The van der Waals surface area contributed by atoms with Crippen LogP contribution < -0.4 is 16.4 Å². The summed E-state index contributed by atoms with van der Waals surface area (Å²) < 4.78 is 0. The highest BCUT2D eigenvalue weighted by molar-refractivity contribution is 5.91. The van der Waals surface area contributed by atoms with E-state index < -0.39 is 5.54 Å². The normalized spacial score (nSPS) is 14.5. The Morgan fingerprint density at radius 1 is 0.912 bits per heavy atom. The van der Waals surface area contributed by atoms with Crippen molar-refractivity contribution in [3.8, 4) is 0 Å². The largest absolute Gasteiger partial charge is 0.354 e. The lowest BCUT2D eigenvalue weighted by Crippen LogP contribution is -2.53. The van der Waals surface area contributed by atoms with Crippen molar-refractivity contribution in [2.75, 3.05) is 25.0 Å². The number of urea groups is 1. The van der Waals surface area contributed by atoms with Crippen LogP contribution in [-0.4, -0.2) is 36.5 Å². The third-order valence-electron chi connectivity index (χ3n) is 6.54. The predicted molar refractivity (Wildman–Crippen MR) is 135 cm³/mol. The second kappa shape index (κ2) is 10.5. The smallest absolute Gasteiger partial charge is 0.321 e. The Labute approximate surface area is 201 Å². The molecule has 6 nitrogen and oxygen atoms in total. The average Bonchev–Trinajstić information content (AvgIpc) is 2.88. The number of anilines is 1. The van der Waals surface area contributed by atoms with Gasteiger partial charge in [-0.15, -0.1) is 0 Å². The summed E-state index contributed by atoms with van der Waals surface area (Å²) in [4.78, 5) is 27.9. The molecule has 34 heavy (non-hydrogen) atoms. The molecule has 0 bridgehead atoms. The monoisotopic (exact) mass is 456 g/mol. The number of nitrogens with two attached hydrogens (primary N) is 1. The van der Waals surface area contributed by atoms with Crippen LogP contribution in [0.2, 0.25) is 0 Å². The van der Waals surface area contributed by atoms with Crippen molar-refractivity contribution in [3.63, 3.8) is 0 Å². The van der Waals surface area contributed by atoms with Gasteiger partial charge in [-0.25, -0.2) is 4.79 Å². The van der Waals surface area contributed by atoms with E-state index in [0.717, 1.165) is 35.2 Å². The maximum atomic E-state index is 13.4. The number of amides is 3. The highest BCUT2D eigenvalue weighted by Crippen LogP contribution is 2.28. The molecule has 1 fully saturated rings. The Balaban J connectivity index is 1.34. The molecule has 0 saturated carbocycles. The van der Waals surface area contributed by atoms with Crippen molar-refractivity contribution in [2.45, 2.75) is 25.3 Å². The van der Waals surface area contributed by atoms with Gasteiger partial charge in [0, 0.05) is 25.3 Å². The molecule has 0 radical (unpaired) electrons. The van der Waals surface area contributed by atoms with Gasteiger partial charge < -0.3 is 21.3 Å². The first-order valence-corrected chi connectivity index (χ1v) is 11.8. The Morgan fingerprint density at radius 3 is 2.06 bits per heavy atom. The van der Waals surface area contributed by atoms with Crippen molar-refractivity contribution < 1.29 is 9.59 Å². The van der Waals surface area contributed by atoms with Crippen LogP contribution in [0.25, 0.3) is 0 Å². The molecule has 4 rings (SSSR count). The molecule has 0 aliphatic carbocycles. The SMILES string of the molecule is Cc1cccc(NC(=O)N2CCC(CNC(=O)C(N)(c3ccccc3)c3ccccc3)CC2)c1. The van der Waals surface area contributed by atoms with Crippen LogP contribution in [0.5, 0.6) is 0 Å². The maximum absolute atomic E-state index is 13.4. The molecular formula is C28H32N4O2. The summed E-state index contributed by atoms with van der Waals surface area (Å²) in [5, 5.41) is 6.07. The minimum absolute atomic E-state index is 0.0813. The summed E-state index contributed by atoms with van der Waals surface area (Å²) in [6.07, 6.45) is 1.66. The number of piperidine rings is 1. The number of rotatable bonds is 6. The third kappa shape index (κ3) is 5.29. The quantitative estimate of drug-likeness (QED) is 0.518. The zero-order valence-electron chi connectivity index (χ0n) is 19.5. The van der Waals surface area contributed by atoms with Gasteiger partial charge in [0.1, 0.15) is 5.54 Å². The molecule has 3 aromatic rings. The van der Waals surface area contributed by atoms with E-state index in [0.29, 0.717) is 25.6 Å². The number of carbonyl (C=O) groups excluding carboxylic acids is 2. The van der Waals surface area contributed by atoms with Crippen molar-refractivity contribution >= 4 is 17.6 Å². The van der Waals surface area contributed by atoms with Crippen LogP contribution in [0.4, 0.5) is 10.5 Å². The Kier molecular flexibility index (Phi) is 7.28. The number of carbonyl (C=O) groups is 2. The molecule has 1 aliphatic rings. The van der Waals surface area contributed by atoms with E-state index in [1.807, 2.05) is 96.8 Å². The van der Waals surface area contributed by atoms with E-state index in [9.17, 15) is 9.59 Å². The summed E-state index contributed by atoms with van der Waals surface area (Å²) in [7, 11) is 0. The summed E-state index contributed by atoms with van der Waals surface area (Å²) in [5.41, 5.74) is 8.92. The van der Waals surface area contributed by atoms with Crippen LogP contribution in [0.3, 0.4) is 0 Å². The van der Waals surface area contributed by atoms with E-state index >= 15 is 0 Å². The molecule has 176 valence electrons. The number of benzene rings is 3. The second-order valence-electron chi connectivity index (χ2n) is 8.98. The van der Waals surface area contributed by atoms with Gasteiger partial charge in [0.25, 0.3) is 0 Å². The zero-order valence-corrected chi connectivity index (χ0v) is 19.5. The van der Waals surface area contributed by atoms with E-state index in [2.05, 4.69) is 10.6 Å². The van der Waals surface area contributed by atoms with Gasteiger partial charge in [-0.1, -0.05) is 72.8 Å². The molecule has 0 aromatic heterocycles. The molecule has 6 heteroatoms. The van der Waals surface area contributed by atoms with Crippen molar-refractivity contribution in [2.24, 2.45) is 11.7 Å². The zero-order chi connectivity index (χ0) is 24.0. The standard InChI is InChI=1S/C28H32N4O2/c1-21-9-8-14-25(19-21)31-27(34)32-17-15-22(16-18-32)20-30-26(33)28(29,23-10-4-2-5-11-23)24-12-6-3-7-13-24/h2-14,19,22H,15-18,20,29H2,1H3,(H,30,33)(H,31,34). The molecule has 0 spiro atoms. The topological polar surface area (TPSA) is 87.5 Å². The molecule has 1 saturated heterocycles. The predicted octanol–water partition coefficient (Wildman–Crippen LogP) is 4.26. The van der Waals surface area contributed by atoms with Crippen LogP contribution >= 0.6 is 0 Å². The number of likely N-dealkylation sites (tertiary alicyclic amines) is 1. The molecule has 1 heterocycles. The van der Waals surface area contributed by atoms with Gasteiger partial charge >= 0.3 is 6.03 Å². The third-order valence-corrected chi connectivity index (χ3v) is 6.54. The maximum Gasteiger partial charge on any atom is 0.321 e. The lowest BCUT2D eigenvalue weighted by molar-refractivity contribution is -0.125. The molecule has 0 atom stereocenters. The Morgan fingerprint density at radius 2 is 1.50 bits per heavy atom. The fraction of sp³-hybridized carbons (Fsp3) is 0.286. The number of nitrogens with zero attached hydrogens (tertiary/aromatic N) is 1. The van der Waals surface area contributed by atoms with Crippen LogP contribution in [0, 0.1) is 12.8 Å². The number of aryl methyl sites for hydroxylation is 1. The molecular weight excluding hydrogens is 424 g/mol. The molecule has 0 unspecified atom stereocenters. The lowest BCUT2D eigenvalue weighted by Gasteiger charge is -2.34. The fourth-order valence-electron chi connectivity index (χ4n) is 4.47. The van der Waals surface area contributed by atoms with Gasteiger partial charge in [-0.2, -0.15) is 0 Å². The van der Waals surface area contributed by atoms with E-state index in [1.165, 1.54) is 0 Å². The van der Waals surface area contributed by atoms with Gasteiger partial charge in [0.05, 0.1) is 0 Å². The van der Waals surface area contributed by atoms with Crippen molar-refractivity contribution in [1.29, 1.82) is 0 Å². The van der Waals surface area contributed by atoms with Crippen molar-refractivity contribution in [1.82, 2.24) is 10.2 Å². The Bertz CT molecular complexity index is 1070. The first kappa shape index (κ1) is 23.5. The van der Waals surface area contributed by atoms with Gasteiger partial charge in [0.2, 0.25) is 5.91 Å². The minimum atomic E-state index is -1.27. The molecule has 1 aliphatic heterocycles. The highest BCUT2D eigenvalue weighted by atomic mass is 16.2. The second-order valence-corrected chi connectivity index (χ2v) is 8.98. The lowest BCUT2D eigenvalue weighted by atomic mass is 9.82. The summed E-state index contributed by atoms with van der Waals surface area (Å²) in [5.74, 6) is 0.0762. The number of hydrogen-bond acceptors (Lipinski definition) is 3. The average molecular weight is 457 g/mol. The Hall–Kier alpha value is -3.64. The van der Waals surface area contributed by atoms with Crippen molar-refractivity contribution in [3.05, 3.63) is 102 Å². The minimum Gasteiger partial charge on any atom is -0.354 e.